The molecule has 0 saturated heterocycles. The van der Waals surface area contributed by atoms with Gasteiger partial charge in [0.15, 0.2) is 0 Å². The highest BCUT2D eigenvalue weighted by molar-refractivity contribution is 6.06. The van der Waals surface area contributed by atoms with Crippen molar-refractivity contribution >= 4 is 39.0 Å². The Balaban J connectivity index is 0.948. The van der Waals surface area contributed by atoms with E-state index >= 15 is 0 Å². The average molecular weight is 920 g/mol. The second kappa shape index (κ2) is 14.6. The molecule has 0 bridgehead atoms. The maximum Gasteiger partial charge on any atom is 0.135 e. The maximum absolute atomic E-state index is 6.74. The van der Waals surface area contributed by atoms with Crippen LogP contribution >= 0.6 is 0 Å². The highest BCUT2D eigenvalue weighted by atomic mass is 16.5. The molecule has 11 aromatic carbocycles. The van der Waals surface area contributed by atoms with Crippen LogP contribution in [0.15, 0.2) is 253 Å². The molecule has 0 saturated carbocycles. The first-order valence-electron chi connectivity index (χ1n) is 24.7. The number of ether oxygens (including phenoxy) is 2. The molecule has 4 heteroatoms. The van der Waals surface area contributed by atoms with E-state index in [-0.39, 0.29) is 0 Å². The van der Waals surface area contributed by atoms with Crippen molar-refractivity contribution in [3.8, 4) is 56.4 Å². The molecular formula is C68H41NO3. The zero-order valence-electron chi connectivity index (χ0n) is 38.8. The zero-order chi connectivity index (χ0) is 47.1. The van der Waals surface area contributed by atoms with Crippen LogP contribution in [0.2, 0.25) is 0 Å². The first kappa shape index (κ1) is 39.5. The smallest absolute Gasteiger partial charge is 0.135 e. The normalized spacial score (nSPS) is 14.3. The van der Waals surface area contributed by atoms with Crippen molar-refractivity contribution in [3.05, 3.63) is 293 Å². The van der Waals surface area contributed by atoms with Crippen molar-refractivity contribution in [2.24, 2.45) is 0 Å². The molecule has 2 spiro atoms. The number of anilines is 3. The summed E-state index contributed by atoms with van der Waals surface area (Å²) >= 11 is 0. The highest BCUT2D eigenvalue weighted by Crippen LogP contribution is 2.66. The van der Waals surface area contributed by atoms with E-state index in [0.717, 1.165) is 95.4 Å². The maximum atomic E-state index is 6.74. The number of fused-ring (bicyclic) bond motifs is 21. The van der Waals surface area contributed by atoms with E-state index in [0.29, 0.717) is 0 Å². The van der Waals surface area contributed by atoms with Crippen molar-refractivity contribution in [1.29, 1.82) is 0 Å². The number of furan rings is 1. The molecule has 3 heterocycles. The van der Waals surface area contributed by atoms with E-state index in [4.69, 9.17) is 13.9 Å². The van der Waals surface area contributed by atoms with Crippen LogP contribution in [0.25, 0.3) is 55.3 Å². The van der Waals surface area contributed by atoms with E-state index < -0.39 is 10.8 Å². The molecule has 4 aliphatic rings. The number of hydrogen-bond acceptors (Lipinski definition) is 4. The molecule has 0 atom stereocenters. The van der Waals surface area contributed by atoms with Gasteiger partial charge in [0.2, 0.25) is 0 Å². The van der Waals surface area contributed by atoms with Crippen molar-refractivity contribution < 1.29 is 13.9 Å². The third-order valence-electron chi connectivity index (χ3n) is 16.0. The Kier molecular flexibility index (Phi) is 7.99. The Morgan fingerprint density at radius 1 is 0.292 bits per heavy atom. The molecule has 2 aliphatic heterocycles. The SMILES string of the molecule is c1ccc2c(c1)Oc1ccccc1C21c2ccccc2-c2cc(N(c3ccc(-c4ccc5oc6ccccc6c5c4)cc3)c3cccc4c3-c3ccccc3C43c4ccccc4Oc4ccccc43)ccc21. The fourth-order valence-electron chi connectivity index (χ4n) is 13.2. The Morgan fingerprint density at radius 3 is 1.42 bits per heavy atom. The third-order valence-corrected chi connectivity index (χ3v) is 16.0. The summed E-state index contributed by atoms with van der Waals surface area (Å²) in [5, 5.41) is 2.24. The number of para-hydroxylation sites is 5. The fraction of sp³-hybridized carbons (Fsp3) is 0.0294. The van der Waals surface area contributed by atoms with Crippen LogP contribution in [0.3, 0.4) is 0 Å². The van der Waals surface area contributed by atoms with Crippen LogP contribution in [0.4, 0.5) is 17.1 Å². The summed E-state index contributed by atoms with van der Waals surface area (Å²) < 4.78 is 19.7. The molecule has 72 heavy (non-hydrogen) atoms. The highest BCUT2D eigenvalue weighted by Gasteiger charge is 2.53. The van der Waals surface area contributed by atoms with Crippen LogP contribution in [0.1, 0.15) is 44.5 Å². The summed E-state index contributed by atoms with van der Waals surface area (Å²) in [4.78, 5) is 2.49. The van der Waals surface area contributed by atoms with Crippen molar-refractivity contribution in [2.45, 2.75) is 10.8 Å². The summed E-state index contributed by atoms with van der Waals surface area (Å²) in [6.07, 6.45) is 0. The Labute approximate surface area is 416 Å². The topological polar surface area (TPSA) is 34.8 Å². The second-order valence-electron chi connectivity index (χ2n) is 19.4. The summed E-state index contributed by atoms with van der Waals surface area (Å²) in [7, 11) is 0. The molecule has 0 radical (unpaired) electrons. The molecule has 12 aromatic rings. The lowest BCUT2D eigenvalue weighted by Crippen LogP contribution is -2.32. The van der Waals surface area contributed by atoms with Gasteiger partial charge in [-0.25, -0.2) is 0 Å². The van der Waals surface area contributed by atoms with Gasteiger partial charge in [0.05, 0.1) is 16.5 Å². The van der Waals surface area contributed by atoms with Gasteiger partial charge < -0.3 is 18.8 Å². The Bertz CT molecular complexity index is 4170. The Hall–Kier alpha value is -9.38. The van der Waals surface area contributed by atoms with Crippen LogP contribution < -0.4 is 14.4 Å². The van der Waals surface area contributed by atoms with E-state index in [2.05, 4.69) is 241 Å². The fourth-order valence-corrected chi connectivity index (χ4v) is 13.2. The molecular weight excluding hydrogens is 879 g/mol. The predicted octanol–water partition coefficient (Wildman–Crippen LogP) is 17.7. The number of nitrogens with zero attached hydrogens (tertiary/aromatic N) is 1. The van der Waals surface area contributed by atoms with Crippen LogP contribution in [-0.2, 0) is 10.8 Å². The molecule has 16 rings (SSSR count). The van der Waals surface area contributed by atoms with Crippen molar-refractivity contribution in [2.75, 3.05) is 4.90 Å². The summed E-state index contributed by atoms with van der Waals surface area (Å²) in [6, 6.07) is 90.3. The van der Waals surface area contributed by atoms with Gasteiger partial charge in [-0.05, 0) is 123 Å². The molecule has 4 nitrogen and oxygen atoms in total. The van der Waals surface area contributed by atoms with E-state index in [9.17, 15) is 0 Å². The Morgan fingerprint density at radius 2 is 0.764 bits per heavy atom. The van der Waals surface area contributed by atoms with Gasteiger partial charge in [-0.3, -0.25) is 0 Å². The quantitative estimate of drug-likeness (QED) is 0.176. The lowest BCUT2D eigenvalue weighted by molar-refractivity contribution is 0.436. The minimum atomic E-state index is -0.619. The number of hydrogen-bond donors (Lipinski definition) is 0. The molecule has 0 unspecified atom stereocenters. The predicted molar refractivity (Wildman–Crippen MR) is 289 cm³/mol. The van der Waals surface area contributed by atoms with Crippen LogP contribution in [-0.4, -0.2) is 0 Å². The van der Waals surface area contributed by atoms with Crippen molar-refractivity contribution in [3.63, 3.8) is 0 Å². The third kappa shape index (κ3) is 5.10. The monoisotopic (exact) mass is 919 g/mol. The molecule has 0 amide bonds. The minimum absolute atomic E-state index is 0.576. The van der Waals surface area contributed by atoms with E-state index in [1.165, 1.54) is 44.5 Å². The largest absolute Gasteiger partial charge is 0.457 e. The first-order chi connectivity index (χ1) is 35.7. The molecule has 2 aliphatic carbocycles. The molecule has 336 valence electrons. The molecule has 0 fully saturated rings. The van der Waals surface area contributed by atoms with E-state index in [1.807, 2.05) is 12.1 Å². The lowest BCUT2D eigenvalue weighted by Gasteiger charge is -2.39. The summed E-state index contributed by atoms with van der Waals surface area (Å²) in [5.74, 6) is 3.52. The number of rotatable bonds is 4. The second-order valence-corrected chi connectivity index (χ2v) is 19.4. The van der Waals surface area contributed by atoms with Gasteiger partial charge in [-0.2, -0.15) is 0 Å². The van der Waals surface area contributed by atoms with Crippen molar-refractivity contribution in [1.82, 2.24) is 0 Å². The van der Waals surface area contributed by atoms with Gasteiger partial charge in [-0.15, -0.1) is 0 Å². The average Bonchev–Trinajstić information content (AvgIpc) is 4.07. The van der Waals surface area contributed by atoms with Gasteiger partial charge in [0.1, 0.15) is 34.2 Å². The van der Waals surface area contributed by atoms with Gasteiger partial charge in [0, 0.05) is 50.0 Å². The minimum Gasteiger partial charge on any atom is -0.457 e. The summed E-state index contributed by atoms with van der Waals surface area (Å²) in [5.41, 5.74) is 20.5. The first-order valence-corrected chi connectivity index (χ1v) is 24.7. The van der Waals surface area contributed by atoms with Gasteiger partial charge in [-0.1, -0.05) is 176 Å². The summed E-state index contributed by atoms with van der Waals surface area (Å²) in [6.45, 7) is 0. The molecule has 0 N–H and O–H groups in total. The standard InChI is InChI=1S/C68H41NO3/c1-4-19-51-46(16-1)49-41-45(37-38-53(49)67(51)54-21-6-11-28-62(54)71-63-29-12-7-22-55(63)67)69(44-35-32-42(33-36-44)43-34-39-61-50(40-43)47-17-3-10-27-60(47)70-61)59-26-15-25-58-66(59)48-18-2-5-20-52(48)68(58)56-23-8-13-30-64(56)72-65-31-14-9-24-57(65)68/h1-41H. The van der Waals surface area contributed by atoms with Gasteiger partial charge in [0.25, 0.3) is 0 Å². The lowest BCUT2D eigenvalue weighted by atomic mass is 9.66. The number of benzene rings is 11. The van der Waals surface area contributed by atoms with Gasteiger partial charge >= 0.3 is 0 Å². The van der Waals surface area contributed by atoms with Crippen LogP contribution in [0, 0.1) is 0 Å². The van der Waals surface area contributed by atoms with E-state index in [1.54, 1.807) is 0 Å². The zero-order valence-corrected chi connectivity index (χ0v) is 38.8. The molecule has 1 aromatic heterocycles. The van der Waals surface area contributed by atoms with Crippen LogP contribution in [0.5, 0.6) is 23.0 Å².